The number of nitrogens with one attached hydrogen (secondary N) is 2. The summed E-state index contributed by atoms with van der Waals surface area (Å²) in [5.74, 6) is -1.44. The first-order valence-electron chi connectivity index (χ1n) is 4.46. The zero-order valence-electron chi connectivity index (χ0n) is 7.95. The van der Waals surface area contributed by atoms with Crippen LogP contribution >= 0.6 is 0 Å². The van der Waals surface area contributed by atoms with E-state index in [4.69, 9.17) is 9.84 Å². The molecule has 0 spiro atoms. The first kappa shape index (κ1) is 10.9. The van der Waals surface area contributed by atoms with E-state index in [1.165, 1.54) is 6.92 Å². The molecule has 0 radical (unpaired) electrons. The standard InChI is InChI=1S/C8H14N2O4/c1-5(8(12)13)10-7(11)6-4-9-2-3-14-6/h5-6,9H,2-4H2,1H3,(H,10,11)(H,12,13)/t5-,6?/m0/s1. The summed E-state index contributed by atoms with van der Waals surface area (Å²) in [5, 5.41) is 13.9. The van der Waals surface area contributed by atoms with Crippen LogP contribution in [0.2, 0.25) is 0 Å². The lowest BCUT2D eigenvalue weighted by Crippen LogP contribution is -2.51. The molecule has 0 aromatic carbocycles. The van der Waals surface area contributed by atoms with Crippen LogP contribution in [0.4, 0.5) is 0 Å². The normalized spacial score (nSPS) is 23.9. The highest BCUT2D eigenvalue weighted by molar-refractivity contribution is 5.86. The summed E-state index contributed by atoms with van der Waals surface area (Å²) in [6, 6.07) is -0.881. The second-order valence-corrected chi connectivity index (χ2v) is 3.13. The van der Waals surface area contributed by atoms with E-state index in [1.807, 2.05) is 0 Å². The molecule has 6 nitrogen and oxygen atoms in total. The van der Waals surface area contributed by atoms with Gasteiger partial charge in [-0.2, -0.15) is 0 Å². The number of aliphatic carboxylic acids is 1. The van der Waals surface area contributed by atoms with Crippen molar-refractivity contribution in [3.8, 4) is 0 Å². The van der Waals surface area contributed by atoms with Gasteiger partial charge < -0.3 is 20.5 Å². The maximum atomic E-state index is 11.4. The van der Waals surface area contributed by atoms with Crippen molar-refractivity contribution in [1.82, 2.24) is 10.6 Å². The summed E-state index contributed by atoms with van der Waals surface area (Å²) in [4.78, 5) is 21.8. The molecule has 80 valence electrons. The van der Waals surface area contributed by atoms with Crippen LogP contribution < -0.4 is 10.6 Å². The number of carboxylic acids is 1. The van der Waals surface area contributed by atoms with Crippen LogP contribution in [0.25, 0.3) is 0 Å². The highest BCUT2D eigenvalue weighted by Gasteiger charge is 2.24. The Kier molecular flexibility index (Phi) is 3.84. The van der Waals surface area contributed by atoms with E-state index >= 15 is 0 Å². The number of ether oxygens (including phenoxy) is 1. The van der Waals surface area contributed by atoms with Gasteiger partial charge in [0.05, 0.1) is 6.61 Å². The summed E-state index contributed by atoms with van der Waals surface area (Å²) in [7, 11) is 0. The Labute approximate surface area is 81.6 Å². The van der Waals surface area contributed by atoms with Crippen molar-refractivity contribution in [3.05, 3.63) is 0 Å². The average molecular weight is 202 g/mol. The highest BCUT2D eigenvalue weighted by Crippen LogP contribution is 1.96. The number of carbonyl (C=O) groups is 2. The number of carboxylic acid groups (broad SMARTS) is 1. The van der Waals surface area contributed by atoms with Gasteiger partial charge in [0.1, 0.15) is 12.1 Å². The van der Waals surface area contributed by atoms with Gasteiger partial charge in [0.2, 0.25) is 0 Å². The third-order valence-electron chi connectivity index (χ3n) is 1.95. The SMILES string of the molecule is C[C@H](NC(=O)C1CNCCO1)C(=O)O. The lowest BCUT2D eigenvalue weighted by Gasteiger charge is -2.23. The number of hydrogen-bond acceptors (Lipinski definition) is 4. The molecule has 1 aliphatic heterocycles. The van der Waals surface area contributed by atoms with Gasteiger partial charge in [-0.1, -0.05) is 0 Å². The van der Waals surface area contributed by atoms with Crippen molar-refractivity contribution in [2.75, 3.05) is 19.7 Å². The molecule has 1 saturated heterocycles. The van der Waals surface area contributed by atoms with Crippen LogP contribution in [0.3, 0.4) is 0 Å². The molecule has 6 heteroatoms. The maximum Gasteiger partial charge on any atom is 0.325 e. The number of carbonyl (C=O) groups excluding carboxylic acids is 1. The van der Waals surface area contributed by atoms with E-state index < -0.39 is 18.1 Å². The topological polar surface area (TPSA) is 87.7 Å². The second-order valence-electron chi connectivity index (χ2n) is 3.13. The minimum Gasteiger partial charge on any atom is -0.480 e. The number of hydrogen-bond donors (Lipinski definition) is 3. The van der Waals surface area contributed by atoms with Crippen molar-refractivity contribution in [2.45, 2.75) is 19.1 Å². The van der Waals surface area contributed by atoms with Gasteiger partial charge >= 0.3 is 5.97 Å². The molecule has 14 heavy (non-hydrogen) atoms. The lowest BCUT2D eigenvalue weighted by molar-refractivity contribution is -0.144. The molecular formula is C8H14N2O4. The fourth-order valence-electron chi connectivity index (χ4n) is 1.10. The Morgan fingerprint density at radius 2 is 2.36 bits per heavy atom. The summed E-state index contributed by atoms with van der Waals surface area (Å²) >= 11 is 0. The monoisotopic (exact) mass is 202 g/mol. The minimum atomic E-state index is -1.05. The Bertz CT molecular complexity index is 225. The third-order valence-corrected chi connectivity index (χ3v) is 1.95. The Balaban J connectivity index is 2.36. The molecule has 1 amide bonds. The van der Waals surface area contributed by atoms with Crippen molar-refractivity contribution >= 4 is 11.9 Å². The molecule has 0 bridgehead atoms. The highest BCUT2D eigenvalue weighted by atomic mass is 16.5. The summed E-state index contributed by atoms with van der Waals surface area (Å²) in [5.41, 5.74) is 0. The fraction of sp³-hybridized carbons (Fsp3) is 0.750. The first-order valence-corrected chi connectivity index (χ1v) is 4.46. The van der Waals surface area contributed by atoms with Crippen molar-refractivity contribution in [2.24, 2.45) is 0 Å². The zero-order valence-corrected chi connectivity index (χ0v) is 7.95. The van der Waals surface area contributed by atoms with Crippen molar-refractivity contribution in [1.29, 1.82) is 0 Å². The van der Waals surface area contributed by atoms with Gasteiger partial charge in [-0.3, -0.25) is 9.59 Å². The van der Waals surface area contributed by atoms with Gasteiger partial charge in [0.25, 0.3) is 5.91 Å². The van der Waals surface area contributed by atoms with Crippen LogP contribution in [0.1, 0.15) is 6.92 Å². The van der Waals surface area contributed by atoms with Crippen LogP contribution in [0, 0.1) is 0 Å². The molecule has 0 saturated carbocycles. The fourth-order valence-corrected chi connectivity index (χ4v) is 1.10. The molecule has 3 N–H and O–H groups in total. The van der Waals surface area contributed by atoms with Crippen LogP contribution in [0.15, 0.2) is 0 Å². The van der Waals surface area contributed by atoms with E-state index in [1.54, 1.807) is 0 Å². The molecule has 1 unspecified atom stereocenters. The summed E-state index contributed by atoms with van der Waals surface area (Å²) in [6.07, 6.45) is -0.578. The maximum absolute atomic E-state index is 11.4. The van der Waals surface area contributed by atoms with Gasteiger partial charge in [-0.15, -0.1) is 0 Å². The predicted octanol–water partition coefficient (Wildman–Crippen LogP) is -1.44. The van der Waals surface area contributed by atoms with Gasteiger partial charge in [0, 0.05) is 13.1 Å². The second kappa shape index (κ2) is 4.92. The molecule has 1 fully saturated rings. The van der Waals surface area contributed by atoms with Crippen LogP contribution in [-0.2, 0) is 14.3 Å². The third kappa shape index (κ3) is 2.97. The van der Waals surface area contributed by atoms with Crippen molar-refractivity contribution in [3.63, 3.8) is 0 Å². The van der Waals surface area contributed by atoms with E-state index in [0.29, 0.717) is 13.2 Å². The molecule has 1 rings (SSSR count). The van der Waals surface area contributed by atoms with E-state index in [-0.39, 0.29) is 5.91 Å². The van der Waals surface area contributed by atoms with Crippen molar-refractivity contribution < 1.29 is 19.4 Å². The molecule has 2 atom stereocenters. The smallest absolute Gasteiger partial charge is 0.325 e. The molecule has 0 aromatic heterocycles. The van der Waals surface area contributed by atoms with Crippen LogP contribution in [-0.4, -0.2) is 48.8 Å². The number of amides is 1. The number of rotatable bonds is 3. The predicted molar refractivity (Wildman–Crippen MR) is 47.9 cm³/mol. The van der Waals surface area contributed by atoms with Gasteiger partial charge in [-0.25, -0.2) is 0 Å². The largest absolute Gasteiger partial charge is 0.480 e. The first-order chi connectivity index (χ1) is 6.61. The van der Waals surface area contributed by atoms with Gasteiger partial charge in [0.15, 0.2) is 0 Å². The molecular weight excluding hydrogens is 188 g/mol. The van der Waals surface area contributed by atoms with E-state index in [9.17, 15) is 9.59 Å². The number of morpholine rings is 1. The van der Waals surface area contributed by atoms with Gasteiger partial charge in [-0.05, 0) is 6.92 Å². The lowest BCUT2D eigenvalue weighted by atomic mass is 10.2. The Morgan fingerprint density at radius 3 is 2.86 bits per heavy atom. The Hall–Kier alpha value is -1.14. The van der Waals surface area contributed by atoms with E-state index in [2.05, 4.69) is 10.6 Å². The molecule has 1 aliphatic rings. The van der Waals surface area contributed by atoms with E-state index in [0.717, 1.165) is 6.54 Å². The Morgan fingerprint density at radius 1 is 1.64 bits per heavy atom. The van der Waals surface area contributed by atoms with Crippen LogP contribution in [0.5, 0.6) is 0 Å². The molecule has 1 heterocycles. The average Bonchev–Trinajstić information content (AvgIpc) is 2.19. The minimum absolute atomic E-state index is 0.382. The quantitative estimate of drug-likeness (QED) is 0.522. The zero-order chi connectivity index (χ0) is 10.6. The summed E-state index contributed by atoms with van der Waals surface area (Å²) in [6.45, 7) is 3.03. The molecule has 0 aliphatic carbocycles. The summed E-state index contributed by atoms with van der Waals surface area (Å²) < 4.78 is 5.15. The molecule has 0 aromatic rings.